The average Bonchev–Trinajstić information content (AvgIpc) is 2.16. The average molecular weight is 184 g/mol. The van der Waals surface area contributed by atoms with Crippen molar-refractivity contribution < 1.29 is 13.5 Å². The molecule has 1 heterocycles. The van der Waals surface area contributed by atoms with E-state index in [1.54, 1.807) is 6.07 Å². The summed E-state index contributed by atoms with van der Waals surface area (Å²) >= 11 is 0. The third-order valence-electron chi connectivity index (χ3n) is 1.45. The van der Waals surface area contributed by atoms with Gasteiger partial charge in [-0.15, -0.1) is 0 Å². The lowest BCUT2D eigenvalue weighted by Crippen LogP contribution is -1.94. The molecule has 0 radical (unpaired) electrons. The molecule has 0 bridgehead atoms. The Labute approximate surface area is 73.6 Å². The Bertz CT molecular complexity index is 346. The summed E-state index contributed by atoms with van der Waals surface area (Å²) in [6.45, 7) is 0. The summed E-state index contributed by atoms with van der Waals surface area (Å²) in [4.78, 5) is 3.52. The first-order valence-corrected chi connectivity index (χ1v) is 3.41. The molecule has 0 aliphatic carbocycles. The maximum Gasteiger partial charge on any atom is 0.265 e. The second-order valence-corrected chi connectivity index (χ2v) is 2.23. The topological polar surface area (TPSA) is 45.9 Å². The van der Waals surface area contributed by atoms with Crippen LogP contribution < -0.4 is 4.74 Å². The summed E-state index contributed by atoms with van der Waals surface area (Å²) in [5.41, 5.74) is -0.247. The zero-order chi connectivity index (χ0) is 9.84. The van der Waals surface area contributed by atoms with Gasteiger partial charge in [-0.05, 0) is 6.07 Å². The highest BCUT2D eigenvalue weighted by Gasteiger charge is 2.11. The van der Waals surface area contributed by atoms with Crippen LogP contribution in [-0.2, 0) is 0 Å². The molecular weight excluding hydrogens is 178 g/mol. The molecule has 5 heteroatoms. The van der Waals surface area contributed by atoms with E-state index in [-0.39, 0.29) is 17.0 Å². The molecule has 0 saturated carbocycles. The molecule has 0 atom stereocenters. The molecule has 0 fully saturated rings. The highest BCUT2D eigenvalue weighted by Crippen LogP contribution is 2.23. The van der Waals surface area contributed by atoms with E-state index >= 15 is 0 Å². The number of hydrogen-bond donors (Lipinski definition) is 0. The van der Waals surface area contributed by atoms with E-state index in [0.717, 1.165) is 12.3 Å². The Morgan fingerprint density at radius 2 is 2.31 bits per heavy atom. The molecule has 0 N–H and O–H groups in total. The molecule has 1 rings (SSSR count). The van der Waals surface area contributed by atoms with Gasteiger partial charge in [-0.2, -0.15) is 5.26 Å². The highest BCUT2D eigenvalue weighted by atomic mass is 19.3. The monoisotopic (exact) mass is 184 g/mol. The van der Waals surface area contributed by atoms with Crippen LogP contribution in [0.5, 0.6) is 5.75 Å². The molecule has 3 nitrogen and oxygen atoms in total. The lowest BCUT2D eigenvalue weighted by Gasteiger charge is -2.03. The molecule has 1 aromatic rings. The molecule has 68 valence electrons. The van der Waals surface area contributed by atoms with Gasteiger partial charge in [-0.1, -0.05) is 0 Å². The molecule has 0 amide bonds. The summed E-state index contributed by atoms with van der Waals surface area (Å²) in [5, 5.41) is 8.50. The summed E-state index contributed by atoms with van der Waals surface area (Å²) in [6, 6.07) is 2.84. The van der Waals surface area contributed by atoms with Gasteiger partial charge in [-0.25, -0.2) is 13.8 Å². The van der Waals surface area contributed by atoms with Crippen LogP contribution in [-0.4, -0.2) is 12.1 Å². The van der Waals surface area contributed by atoms with E-state index in [1.165, 1.54) is 7.11 Å². The minimum absolute atomic E-state index is 0.00639. The zero-order valence-electron chi connectivity index (χ0n) is 6.79. The van der Waals surface area contributed by atoms with E-state index < -0.39 is 6.43 Å². The van der Waals surface area contributed by atoms with E-state index in [1.807, 2.05) is 0 Å². The molecule has 0 aromatic carbocycles. The Hall–Kier alpha value is -1.70. The first-order valence-electron chi connectivity index (χ1n) is 3.41. The number of rotatable bonds is 2. The number of ether oxygens (including phenoxy) is 1. The smallest absolute Gasteiger partial charge is 0.265 e. The van der Waals surface area contributed by atoms with Crippen molar-refractivity contribution in [3.8, 4) is 11.8 Å². The maximum atomic E-state index is 12.1. The molecule has 0 aliphatic rings. The molecule has 0 saturated heterocycles. The van der Waals surface area contributed by atoms with Crippen molar-refractivity contribution in [3.63, 3.8) is 0 Å². The minimum Gasteiger partial charge on any atom is -0.494 e. The molecule has 0 unspecified atom stereocenters. The largest absolute Gasteiger partial charge is 0.494 e. The summed E-state index contributed by atoms with van der Waals surface area (Å²) in [5.74, 6) is 0.0697. The summed E-state index contributed by atoms with van der Waals surface area (Å²) in [7, 11) is 1.30. The Morgan fingerprint density at radius 1 is 1.62 bits per heavy atom. The Kier molecular flexibility index (Phi) is 2.75. The fourth-order valence-corrected chi connectivity index (χ4v) is 0.819. The van der Waals surface area contributed by atoms with Crippen molar-refractivity contribution in [2.45, 2.75) is 6.43 Å². The van der Waals surface area contributed by atoms with Gasteiger partial charge < -0.3 is 4.74 Å². The fourth-order valence-electron chi connectivity index (χ4n) is 0.819. The van der Waals surface area contributed by atoms with Crippen molar-refractivity contribution in [3.05, 3.63) is 23.5 Å². The van der Waals surface area contributed by atoms with E-state index in [0.29, 0.717) is 0 Å². The number of alkyl halides is 2. The fraction of sp³-hybridized carbons (Fsp3) is 0.250. The highest BCUT2D eigenvalue weighted by molar-refractivity contribution is 5.39. The van der Waals surface area contributed by atoms with Crippen LogP contribution in [0.4, 0.5) is 8.78 Å². The number of aromatic nitrogens is 1. The van der Waals surface area contributed by atoms with Gasteiger partial charge in [0, 0.05) is 11.8 Å². The quantitative estimate of drug-likeness (QED) is 0.705. The van der Waals surface area contributed by atoms with Crippen LogP contribution in [0.3, 0.4) is 0 Å². The summed E-state index contributed by atoms with van der Waals surface area (Å²) < 4.78 is 29.0. The van der Waals surface area contributed by atoms with Gasteiger partial charge >= 0.3 is 0 Å². The number of pyridine rings is 1. The van der Waals surface area contributed by atoms with Crippen molar-refractivity contribution in [2.75, 3.05) is 7.11 Å². The lowest BCUT2D eigenvalue weighted by molar-refractivity contribution is 0.150. The van der Waals surface area contributed by atoms with Crippen molar-refractivity contribution in [2.24, 2.45) is 0 Å². The van der Waals surface area contributed by atoms with Crippen molar-refractivity contribution in [1.29, 1.82) is 5.26 Å². The molecule has 1 aromatic heterocycles. The van der Waals surface area contributed by atoms with Crippen molar-refractivity contribution >= 4 is 0 Å². The van der Waals surface area contributed by atoms with Crippen LogP contribution in [0.15, 0.2) is 12.3 Å². The number of nitrogens with zero attached hydrogens (tertiary/aromatic N) is 2. The van der Waals surface area contributed by atoms with Gasteiger partial charge in [0.2, 0.25) is 0 Å². The summed E-state index contributed by atoms with van der Waals surface area (Å²) in [6.07, 6.45) is -1.64. The van der Waals surface area contributed by atoms with Gasteiger partial charge in [0.05, 0.1) is 7.11 Å². The number of hydrogen-bond acceptors (Lipinski definition) is 3. The van der Waals surface area contributed by atoms with Gasteiger partial charge in [0.1, 0.15) is 6.07 Å². The SMILES string of the molecule is COc1cc(C(F)F)cnc1C#N. The van der Waals surface area contributed by atoms with E-state index in [2.05, 4.69) is 4.98 Å². The van der Waals surface area contributed by atoms with Crippen LogP contribution in [0.2, 0.25) is 0 Å². The second kappa shape index (κ2) is 3.81. The predicted octanol–water partition coefficient (Wildman–Crippen LogP) is 1.90. The second-order valence-electron chi connectivity index (χ2n) is 2.23. The molecule has 13 heavy (non-hydrogen) atoms. The number of halogens is 2. The van der Waals surface area contributed by atoms with Gasteiger partial charge in [0.25, 0.3) is 6.43 Å². The van der Waals surface area contributed by atoms with Gasteiger partial charge in [-0.3, -0.25) is 0 Å². The van der Waals surface area contributed by atoms with Crippen LogP contribution in [0.1, 0.15) is 17.7 Å². The minimum atomic E-state index is -2.60. The van der Waals surface area contributed by atoms with Crippen LogP contribution in [0.25, 0.3) is 0 Å². The predicted molar refractivity (Wildman–Crippen MR) is 40.5 cm³/mol. The van der Waals surface area contributed by atoms with Gasteiger partial charge in [0.15, 0.2) is 11.4 Å². The Morgan fingerprint density at radius 3 is 2.77 bits per heavy atom. The van der Waals surface area contributed by atoms with Crippen LogP contribution in [0, 0.1) is 11.3 Å². The van der Waals surface area contributed by atoms with Crippen LogP contribution >= 0.6 is 0 Å². The number of methoxy groups -OCH3 is 1. The third kappa shape index (κ3) is 1.90. The lowest BCUT2D eigenvalue weighted by atomic mass is 10.2. The first kappa shape index (κ1) is 9.39. The van der Waals surface area contributed by atoms with E-state index in [9.17, 15) is 8.78 Å². The molecule has 0 aliphatic heterocycles. The van der Waals surface area contributed by atoms with E-state index in [4.69, 9.17) is 10.00 Å². The number of nitriles is 1. The van der Waals surface area contributed by atoms with Crippen molar-refractivity contribution in [1.82, 2.24) is 4.98 Å². The zero-order valence-corrected chi connectivity index (χ0v) is 6.79. The first-order chi connectivity index (χ1) is 6.19. The molecular formula is C8H6F2N2O. The normalized spacial score (nSPS) is 9.77. The maximum absolute atomic E-state index is 12.1. The Balaban J connectivity index is 3.15. The standard InChI is InChI=1S/C8H6F2N2O/c1-13-7-2-5(8(9)10)4-12-6(7)3-11/h2,4,8H,1H3. The third-order valence-corrected chi connectivity index (χ3v) is 1.45. The molecule has 0 spiro atoms.